The molecule has 2 fully saturated rings. The molecule has 3 rings (SSSR count). The molecular formula is C21H34ClN3O2. The molecule has 0 bridgehead atoms. The molecule has 2 aliphatic rings. The van der Waals surface area contributed by atoms with Crippen LogP contribution in [-0.2, 0) is 4.79 Å². The predicted molar refractivity (Wildman–Crippen MR) is 111 cm³/mol. The van der Waals surface area contributed by atoms with Gasteiger partial charge >= 0.3 is 0 Å². The molecule has 0 aliphatic carbocycles. The Morgan fingerprint density at radius 3 is 2.59 bits per heavy atom. The molecule has 152 valence electrons. The molecule has 1 amide bonds. The number of rotatable bonds is 5. The first-order chi connectivity index (χ1) is 12.5. The lowest BCUT2D eigenvalue weighted by Gasteiger charge is -2.32. The Morgan fingerprint density at radius 1 is 1.22 bits per heavy atom. The number of methoxy groups -OCH3 is 1. The van der Waals surface area contributed by atoms with E-state index in [1.165, 1.54) is 18.4 Å². The molecule has 2 saturated heterocycles. The fourth-order valence-corrected chi connectivity index (χ4v) is 4.29. The zero-order valence-electron chi connectivity index (χ0n) is 16.7. The Kier molecular flexibility index (Phi) is 7.95. The summed E-state index contributed by atoms with van der Waals surface area (Å²) < 4.78 is 5.28. The molecule has 2 heterocycles. The number of nitrogens with zero attached hydrogens (tertiary/aromatic N) is 2. The minimum absolute atomic E-state index is 0. The number of carbonyl (C=O) groups excluding carboxylic acids is 1. The highest BCUT2D eigenvalue weighted by molar-refractivity contribution is 5.85. The monoisotopic (exact) mass is 395 g/mol. The van der Waals surface area contributed by atoms with E-state index in [1.54, 1.807) is 7.11 Å². The topological polar surface area (TPSA) is 58.8 Å². The van der Waals surface area contributed by atoms with E-state index in [2.05, 4.69) is 28.9 Å². The van der Waals surface area contributed by atoms with Crippen LogP contribution in [0, 0.1) is 5.41 Å². The summed E-state index contributed by atoms with van der Waals surface area (Å²) in [5.41, 5.74) is 7.29. The number of hydrogen-bond donors (Lipinski definition) is 1. The number of nitrogens with two attached hydrogens (primary N) is 1. The molecule has 0 spiro atoms. The Bertz CT molecular complexity index is 610. The molecule has 1 aromatic rings. The number of benzene rings is 1. The fraction of sp³-hybridized carbons (Fsp3) is 0.667. The van der Waals surface area contributed by atoms with Crippen LogP contribution in [0.4, 0.5) is 0 Å². The van der Waals surface area contributed by atoms with Crippen molar-refractivity contribution in [3.8, 4) is 5.75 Å². The molecule has 2 N–H and O–H groups in total. The van der Waals surface area contributed by atoms with Crippen molar-refractivity contribution in [2.24, 2.45) is 11.1 Å². The van der Waals surface area contributed by atoms with E-state index in [9.17, 15) is 4.79 Å². The van der Waals surface area contributed by atoms with Crippen LogP contribution in [0.1, 0.15) is 50.6 Å². The third-order valence-electron chi connectivity index (χ3n) is 6.06. The van der Waals surface area contributed by atoms with Gasteiger partial charge in [-0.1, -0.05) is 31.9 Å². The number of likely N-dealkylation sites (tertiary alicyclic amines) is 2. The van der Waals surface area contributed by atoms with E-state index in [0.717, 1.165) is 44.6 Å². The normalized spacial score (nSPS) is 26.3. The van der Waals surface area contributed by atoms with E-state index >= 15 is 0 Å². The number of hydrogen-bond acceptors (Lipinski definition) is 4. The molecule has 0 radical (unpaired) electrons. The van der Waals surface area contributed by atoms with Crippen LogP contribution in [0.5, 0.6) is 5.75 Å². The highest BCUT2D eigenvalue weighted by atomic mass is 35.5. The lowest BCUT2D eigenvalue weighted by Crippen LogP contribution is -2.42. The highest BCUT2D eigenvalue weighted by Gasteiger charge is 2.35. The van der Waals surface area contributed by atoms with Crippen molar-refractivity contribution >= 4 is 18.3 Å². The second-order valence-electron chi connectivity index (χ2n) is 8.20. The van der Waals surface area contributed by atoms with Gasteiger partial charge < -0.3 is 15.4 Å². The second kappa shape index (κ2) is 9.76. The van der Waals surface area contributed by atoms with Gasteiger partial charge in [0.05, 0.1) is 19.7 Å². The molecule has 1 aromatic carbocycles. The van der Waals surface area contributed by atoms with Gasteiger partial charge in [0, 0.05) is 13.1 Å². The van der Waals surface area contributed by atoms with Crippen LogP contribution < -0.4 is 10.5 Å². The number of halogens is 1. The zero-order valence-corrected chi connectivity index (χ0v) is 17.5. The van der Waals surface area contributed by atoms with Gasteiger partial charge in [0.15, 0.2) is 0 Å². The van der Waals surface area contributed by atoms with Crippen molar-refractivity contribution in [1.29, 1.82) is 0 Å². The maximum absolute atomic E-state index is 13.1. The van der Waals surface area contributed by atoms with E-state index in [4.69, 9.17) is 10.5 Å². The molecular weight excluding hydrogens is 362 g/mol. The summed E-state index contributed by atoms with van der Waals surface area (Å²) in [6.45, 7) is 6.19. The summed E-state index contributed by atoms with van der Waals surface area (Å²) >= 11 is 0. The van der Waals surface area contributed by atoms with Crippen LogP contribution in [-0.4, -0.2) is 55.5 Å². The summed E-state index contributed by atoms with van der Waals surface area (Å²) in [4.78, 5) is 17.5. The summed E-state index contributed by atoms with van der Waals surface area (Å²) in [6.07, 6.45) is 5.59. The van der Waals surface area contributed by atoms with Gasteiger partial charge in [-0.2, -0.15) is 0 Å². The van der Waals surface area contributed by atoms with Gasteiger partial charge in [0.25, 0.3) is 0 Å². The van der Waals surface area contributed by atoms with Gasteiger partial charge in [-0.25, -0.2) is 0 Å². The van der Waals surface area contributed by atoms with E-state index in [0.29, 0.717) is 13.1 Å². The van der Waals surface area contributed by atoms with Gasteiger partial charge in [0.2, 0.25) is 5.91 Å². The number of carbonyl (C=O) groups is 1. The first-order valence-corrected chi connectivity index (χ1v) is 9.90. The fourth-order valence-electron chi connectivity index (χ4n) is 4.29. The Hall–Kier alpha value is -1.30. The zero-order chi connectivity index (χ0) is 18.6. The SMILES string of the molecule is COc1ccc(C2CCCCCN2C(=O)CN2CCC(C)(CN)C2)cc1.Cl. The Balaban J connectivity index is 0.00000261. The average Bonchev–Trinajstić information content (AvgIpc) is 2.88. The van der Waals surface area contributed by atoms with Crippen LogP contribution in [0.2, 0.25) is 0 Å². The van der Waals surface area contributed by atoms with Crippen molar-refractivity contribution < 1.29 is 9.53 Å². The average molecular weight is 396 g/mol. The van der Waals surface area contributed by atoms with Gasteiger partial charge in [-0.15, -0.1) is 12.4 Å². The van der Waals surface area contributed by atoms with Crippen LogP contribution in [0.3, 0.4) is 0 Å². The van der Waals surface area contributed by atoms with Crippen molar-refractivity contribution in [3.63, 3.8) is 0 Å². The van der Waals surface area contributed by atoms with E-state index in [1.807, 2.05) is 12.1 Å². The molecule has 0 aromatic heterocycles. The summed E-state index contributed by atoms with van der Waals surface area (Å²) in [6, 6.07) is 8.39. The van der Waals surface area contributed by atoms with Crippen LogP contribution in [0.15, 0.2) is 24.3 Å². The predicted octanol–water partition coefficient (Wildman–Crippen LogP) is 3.23. The van der Waals surface area contributed by atoms with Gasteiger partial charge in [0.1, 0.15) is 5.75 Å². The molecule has 6 heteroatoms. The van der Waals surface area contributed by atoms with Gasteiger partial charge in [-0.05, 0) is 55.5 Å². The smallest absolute Gasteiger partial charge is 0.237 e. The van der Waals surface area contributed by atoms with E-state index in [-0.39, 0.29) is 29.8 Å². The first-order valence-electron chi connectivity index (χ1n) is 9.90. The van der Waals surface area contributed by atoms with Crippen molar-refractivity contribution in [2.45, 2.75) is 45.1 Å². The lowest BCUT2D eigenvalue weighted by atomic mass is 9.90. The Morgan fingerprint density at radius 2 is 1.96 bits per heavy atom. The number of amides is 1. The maximum atomic E-state index is 13.1. The third kappa shape index (κ3) is 5.37. The summed E-state index contributed by atoms with van der Waals surface area (Å²) in [5.74, 6) is 1.12. The Labute approximate surface area is 169 Å². The largest absolute Gasteiger partial charge is 0.497 e. The van der Waals surface area contributed by atoms with Crippen LogP contribution in [0.25, 0.3) is 0 Å². The molecule has 27 heavy (non-hydrogen) atoms. The minimum atomic E-state index is 0. The molecule has 2 aliphatic heterocycles. The molecule has 2 atom stereocenters. The van der Waals surface area contributed by atoms with Crippen molar-refractivity contribution in [2.75, 3.05) is 39.8 Å². The highest BCUT2D eigenvalue weighted by Crippen LogP contribution is 2.32. The third-order valence-corrected chi connectivity index (χ3v) is 6.06. The van der Waals surface area contributed by atoms with Crippen molar-refractivity contribution in [1.82, 2.24) is 9.80 Å². The number of ether oxygens (including phenoxy) is 1. The standard InChI is InChI=1S/C21H33N3O2.ClH/c1-21(15-22)11-13-23(16-21)14-20(25)24-12-5-3-4-6-19(24)17-7-9-18(26-2)10-8-17;/h7-10,19H,3-6,11-16,22H2,1-2H3;1H. The molecule has 2 unspecified atom stereocenters. The second-order valence-corrected chi connectivity index (χ2v) is 8.20. The molecule has 0 saturated carbocycles. The first kappa shape index (κ1) is 22.0. The van der Waals surface area contributed by atoms with Crippen molar-refractivity contribution in [3.05, 3.63) is 29.8 Å². The van der Waals surface area contributed by atoms with Gasteiger partial charge in [-0.3, -0.25) is 9.69 Å². The summed E-state index contributed by atoms with van der Waals surface area (Å²) in [7, 11) is 1.68. The van der Waals surface area contributed by atoms with E-state index < -0.39 is 0 Å². The van der Waals surface area contributed by atoms with Crippen LogP contribution >= 0.6 is 12.4 Å². The quantitative estimate of drug-likeness (QED) is 0.831. The maximum Gasteiger partial charge on any atom is 0.237 e. The minimum Gasteiger partial charge on any atom is -0.497 e. The lowest BCUT2D eigenvalue weighted by molar-refractivity contribution is -0.134. The molecule has 5 nitrogen and oxygen atoms in total. The summed E-state index contributed by atoms with van der Waals surface area (Å²) in [5, 5.41) is 0.